The van der Waals surface area contributed by atoms with Crippen molar-refractivity contribution in [3.8, 4) is 0 Å². The lowest BCUT2D eigenvalue weighted by Crippen LogP contribution is -2.38. The van der Waals surface area contributed by atoms with Crippen molar-refractivity contribution in [1.82, 2.24) is 14.8 Å². The van der Waals surface area contributed by atoms with Gasteiger partial charge in [-0.25, -0.2) is 9.79 Å². The summed E-state index contributed by atoms with van der Waals surface area (Å²) in [6.07, 6.45) is 1.40. The van der Waals surface area contributed by atoms with Crippen LogP contribution in [0.25, 0.3) is 0 Å². The molecule has 0 unspecified atom stereocenters. The molecule has 0 saturated carbocycles. The van der Waals surface area contributed by atoms with Crippen LogP contribution in [0.5, 0.6) is 0 Å². The highest BCUT2D eigenvalue weighted by Crippen LogP contribution is 2.15. The quantitative estimate of drug-likeness (QED) is 0.343. The first kappa shape index (κ1) is 24.1. The number of amides is 1. The number of carbonyl (C=O) groups excluding carboxylic acids is 1. The second-order valence-corrected chi connectivity index (χ2v) is 6.54. The van der Waals surface area contributed by atoms with Crippen molar-refractivity contribution < 1.29 is 9.53 Å². The van der Waals surface area contributed by atoms with Gasteiger partial charge in [-0.2, -0.15) is 0 Å². The molecule has 0 atom stereocenters. The largest absolute Gasteiger partial charge is 0.453 e. The van der Waals surface area contributed by atoms with Crippen LogP contribution in [-0.4, -0.2) is 42.2 Å². The van der Waals surface area contributed by atoms with Crippen LogP contribution in [0.4, 0.5) is 10.5 Å². The van der Waals surface area contributed by atoms with Gasteiger partial charge in [0.1, 0.15) is 0 Å². The molecule has 1 aromatic heterocycles. The zero-order valence-electron chi connectivity index (χ0n) is 16.5. The van der Waals surface area contributed by atoms with Gasteiger partial charge in [0, 0.05) is 38.2 Å². The fourth-order valence-corrected chi connectivity index (χ4v) is 2.81. The summed E-state index contributed by atoms with van der Waals surface area (Å²) in [5.41, 5.74) is 2.82. The molecule has 28 heavy (non-hydrogen) atoms. The van der Waals surface area contributed by atoms with Crippen molar-refractivity contribution in [2.24, 2.45) is 12.0 Å². The van der Waals surface area contributed by atoms with Gasteiger partial charge in [-0.1, -0.05) is 23.7 Å². The minimum atomic E-state index is -0.488. The zero-order valence-corrected chi connectivity index (χ0v) is 19.6. The predicted molar refractivity (Wildman–Crippen MR) is 125 cm³/mol. The average Bonchev–Trinajstić information content (AvgIpc) is 2.96. The first-order chi connectivity index (χ1) is 12.9. The minimum absolute atomic E-state index is 0. The maximum absolute atomic E-state index is 11.2. The smallest absolute Gasteiger partial charge is 0.411 e. The van der Waals surface area contributed by atoms with E-state index in [-0.39, 0.29) is 24.0 Å². The Morgan fingerprint density at radius 3 is 2.54 bits per heavy atom. The lowest BCUT2D eigenvalue weighted by Gasteiger charge is -2.22. The molecule has 0 aliphatic heterocycles. The van der Waals surface area contributed by atoms with Crippen molar-refractivity contribution in [1.29, 1.82) is 0 Å². The SMILES string of the molecule is CCNC(=NCc1ccc(NC(=O)OC)cc1)N(C)Cc1cc(Cl)cn1C.I. The van der Waals surface area contributed by atoms with Gasteiger partial charge in [-0.05, 0) is 30.7 Å². The average molecular weight is 520 g/mol. The van der Waals surface area contributed by atoms with Crippen molar-refractivity contribution in [2.75, 3.05) is 26.0 Å². The standard InChI is InChI=1S/C19H26ClN5O2.HI/c1-5-21-18(25(3)13-17-10-15(20)12-24(17)2)22-11-14-6-8-16(9-7-14)23-19(26)27-4;/h6-10,12H,5,11,13H2,1-4H3,(H,21,22)(H,23,26);1H. The van der Waals surface area contributed by atoms with E-state index in [1.807, 2.05) is 62.1 Å². The van der Waals surface area contributed by atoms with E-state index in [9.17, 15) is 4.79 Å². The van der Waals surface area contributed by atoms with Crippen LogP contribution < -0.4 is 10.6 Å². The van der Waals surface area contributed by atoms with Gasteiger partial charge in [0.25, 0.3) is 0 Å². The van der Waals surface area contributed by atoms with Crippen molar-refractivity contribution in [3.05, 3.63) is 52.8 Å². The Bertz CT molecular complexity index is 792. The molecule has 0 bridgehead atoms. The van der Waals surface area contributed by atoms with Crippen LogP contribution in [0.1, 0.15) is 18.2 Å². The van der Waals surface area contributed by atoms with Crippen LogP contribution in [0.15, 0.2) is 41.5 Å². The summed E-state index contributed by atoms with van der Waals surface area (Å²) >= 11 is 6.07. The van der Waals surface area contributed by atoms with Gasteiger partial charge in [0.2, 0.25) is 0 Å². The van der Waals surface area contributed by atoms with Gasteiger partial charge < -0.3 is 19.5 Å². The third kappa shape index (κ3) is 7.23. The number of aliphatic imine (C=N–C) groups is 1. The number of nitrogens with zero attached hydrogens (tertiary/aromatic N) is 3. The molecule has 0 aliphatic carbocycles. The zero-order chi connectivity index (χ0) is 19.8. The maximum atomic E-state index is 11.2. The van der Waals surface area contributed by atoms with Crippen molar-refractivity contribution in [3.63, 3.8) is 0 Å². The van der Waals surface area contributed by atoms with E-state index in [4.69, 9.17) is 16.6 Å². The van der Waals surface area contributed by atoms with E-state index in [0.717, 1.165) is 28.8 Å². The van der Waals surface area contributed by atoms with E-state index in [2.05, 4.69) is 20.3 Å². The molecule has 1 aromatic carbocycles. The summed E-state index contributed by atoms with van der Waals surface area (Å²) in [4.78, 5) is 18.0. The fraction of sp³-hybridized carbons (Fsp3) is 0.368. The lowest BCUT2D eigenvalue weighted by atomic mass is 10.2. The van der Waals surface area contributed by atoms with E-state index in [1.54, 1.807) is 0 Å². The fourth-order valence-electron chi connectivity index (χ4n) is 2.54. The number of methoxy groups -OCH3 is 1. The number of rotatable bonds is 6. The second-order valence-electron chi connectivity index (χ2n) is 6.10. The van der Waals surface area contributed by atoms with Crippen molar-refractivity contribution in [2.45, 2.75) is 20.0 Å². The monoisotopic (exact) mass is 519 g/mol. The van der Waals surface area contributed by atoms with Gasteiger partial charge in [0.15, 0.2) is 5.96 Å². The molecule has 0 aliphatic rings. The van der Waals surface area contributed by atoms with E-state index < -0.39 is 6.09 Å². The third-order valence-corrected chi connectivity index (χ3v) is 4.17. The molecule has 9 heteroatoms. The Labute approximate surface area is 188 Å². The highest BCUT2D eigenvalue weighted by atomic mass is 127. The molecule has 0 saturated heterocycles. The molecule has 7 nitrogen and oxygen atoms in total. The Balaban J connectivity index is 0.00000392. The number of carbonyl (C=O) groups is 1. The van der Waals surface area contributed by atoms with Gasteiger partial charge in [0.05, 0.1) is 25.2 Å². The number of anilines is 1. The molecular weight excluding hydrogens is 493 g/mol. The summed E-state index contributed by atoms with van der Waals surface area (Å²) in [5, 5.41) is 6.66. The second kappa shape index (κ2) is 11.8. The number of aryl methyl sites for hydroxylation is 1. The molecule has 154 valence electrons. The minimum Gasteiger partial charge on any atom is -0.453 e. The number of ether oxygens (including phenoxy) is 1. The van der Waals surface area contributed by atoms with Crippen molar-refractivity contribution >= 4 is 53.3 Å². The van der Waals surface area contributed by atoms with Crippen LogP contribution in [0.3, 0.4) is 0 Å². The molecule has 0 radical (unpaired) electrons. The number of hydrogen-bond acceptors (Lipinski definition) is 3. The summed E-state index contributed by atoms with van der Waals surface area (Å²) in [6, 6.07) is 9.45. The molecule has 2 rings (SSSR count). The van der Waals surface area contributed by atoms with Gasteiger partial charge in [-0.15, -0.1) is 24.0 Å². The molecule has 2 aromatic rings. The third-order valence-electron chi connectivity index (χ3n) is 3.97. The highest BCUT2D eigenvalue weighted by molar-refractivity contribution is 14.0. The summed E-state index contributed by atoms with van der Waals surface area (Å²) in [7, 11) is 5.30. The topological polar surface area (TPSA) is 70.9 Å². The number of hydrogen-bond donors (Lipinski definition) is 2. The number of benzene rings is 1. The lowest BCUT2D eigenvalue weighted by molar-refractivity contribution is 0.187. The molecule has 2 N–H and O–H groups in total. The number of guanidine groups is 1. The number of halogens is 2. The molecular formula is C19H27ClIN5O2. The Hall–Kier alpha value is -1.94. The normalized spacial score (nSPS) is 10.8. The first-order valence-electron chi connectivity index (χ1n) is 8.67. The summed E-state index contributed by atoms with van der Waals surface area (Å²) in [6.45, 7) is 4.03. The summed E-state index contributed by atoms with van der Waals surface area (Å²) in [5.74, 6) is 0.812. The molecule has 0 fully saturated rings. The highest BCUT2D eigenvalue weighted by Gasteiger charge is 2.10. The van der Waals surface area contributed by atoms with Crippen LogP contribution in [0, 0.1) is 0 Å². The van der Waals surface area contributed by atoms with E-state index in [0.29, 0.717) is 18.8 Å². The number of aromatic nitrogens is 1. The Morgan fingerprint density at radius 2 is 2.00 bits per heavy atom. The summed E-state index contributed by atoms with van der Waals surface area (Å²) < 4.78 is 6.59. The predicted octanol–water partition coefficient (Wildman–Crippen LogP) is 4.07. The number of nitrogens with one attached hydrogen (secondary N) is 2. The van der Waals surface area contributed by atoms with Crippen LogP contribution >= 0.6 is 35.6 Å². The molecule has 1 heterocycles. The van der Waals surface area contributed by atoms with Gasteiger partial charge >= 0.3 is 6.09 Å². The molecule has 1 amide bonds. The van der Waals surface area contributed by atoms with Crippen LogP contribution in [0.2, 0.25) is 5.02 Å². The maximum Gasteiger partial charge on any atom is 0.411 e. The van der Waals surface area contributed by atoms with E-state index in [1.165, 1.54) is 7.11 Å². The van der Waals surface area contributed by atoms with E-state index >= 15 is 0 Å². The molecule has 0 spiro atoms. The Kier molecular flexibility index (Phi) is 10.2. The van der Waals surface area contributed by atoms with Gasteiger partial charge in [-0.3, -0.25) is 5.32 Å². The Morgan fingerprint density at radius 1 is 1.32 bits per heavy atom. The first-order valence-corrected chi connectivity index (χ1v) is 9.04. The van der Waals surface area contributed by atoms with Crippen LogP contribution in [-0.2, 0) is 24.9 Å².